The minimum atomic E-state index is -0.0982. The van der Waals surface area contributed by atoms with Crippen molar-refractivity contribution in [2.75, 3.05) is 6.61 Å². The molecule has 0 unspecified atom stereocenters. The topological polar surface area (TPSA) is 61.3 Å². The van der Waals surface area contributed by atoms with E-state index in [4.69, 9.17) is 15.0 Å². The molecule has 0 aromatic carbocycles. The Kier molecular flexibility index (Phi) is 3.30. The van der Waals surface area contributed by atoms with Crippen molar-refractivity contribution in [3.63, 3.8) is 0 Å². The third-order valence-corrected chi connectivity index (χ3v) is 3.42. The van der Waals surface area contributed by atoms with Gasteiger partial charge in [0.15, 0.2) is 0 Å². The number of aromatic nitrogens is 1. The van der Waals surface area contributed by atoms with Crippen LogP contribution in [0, 0.1) is 13.8 Å². The molecule has 1 aromatic rings. The molecule has 1 aliphatic carbocycles. The van der Waals surface area contributed by atoms with Crippen molar-refractivity contribution in [3.05, 3.63) is 17.0 Å². The zero-order valence-corrected chi connectivity index (χ0v) is 10.1. The zero-order valence-electron chi connectivity index (χ0n) is 10.1. The summed E-state index contributed by atoms with van der Waals surface area (Å²) < 4.78 is 10.8. The summed E-state index contributed by atoms with van der Waals surface area (Å²) in [5, 5.41) is 3.90. The summed E-state index contributed by atoms with van der Waals surface area (Å²) in [5.41, 5.74) is 8.08. The molecule has 0 aliphatic heterocycles. The van der Waals surface area contributed by atoms with E-state index in [1.54, 1.807) is 0 Å². The van der Waals surface area contributed by atoms with Gasteiger partial charge in [-0.3, -0.25) is 0 Å². The summed E-state index contributed by atoms with van der Waals surface area (Å²) in [5.74, 6) is 0.843. The SMILES string of the molecule is Cc1noc(C)c1COCC1(N)CCCC1. The molecular formula is C12H20N2O2. The Bertz CT molecular complexity index is 334. The molecule has 0 radical (unpaired) electrons. The van der Waals surface area contributed by atoms with E-state index >= 15 is 0 Å². The maximum Gasteiger partial charge on any atom is 0.139 e. The highest BCUT2D eigenvalue weighted by Crippen LogP contribution is 2.27. The van der Waals surface area contributed by atoms with E-state index in [-0.39, 0.29) is 5.54 Å². The number of nitrogens with two attached hydrogens (primary N) is 1. The fourth-order valence-electron chi connectivity index (χ4n) is 2.29. The van der Waals surface area contributed by atoms with Crippen LogP contribution in [0.5, 0.6) is 0 Å². The molecule has 0 bridgehead atoms. The lowest BCUT2D eigenvalue weighted by molar-refractivity contribution is 0.0741. The molecule has 1 fully saturated rings. The number of aryl methyl sites for hydroxylation is 2. The predicted octanol–water partition coefficient (Wildman–Crippen LogP) is 2.08. The Hall–Kier alpha value is -0.870. The Balaban J connectivity index is 1.84. The van der Waals surface area contributed by atoms with E-state index in [1.807, 2.05) is 13.8 Å². The summed E-state index contributed by atoms with van der Waals surface area (Å²) in [7, 11) is 0. The highest BCUT2D eigenvalue weighted by molar-refractivity contribution is 5.19. The van der Waals surface area contributed by atoms with Crippen molar-refractivity contribution in [1.82, 2.24) is 5.16 Å². The molecule has 90 valence electrons. The Labute approximate surface area is 96.1 Å². The molecule has 16 heavy (non-hydrogen) atoms. The first-order valence-electron chi connectivity index (χ1n) is 5.89. The Morgan fingerprint density at radius 2 is 2.06 bits per heavy atom. The summed E-state index contributed by atoms with van der Waals surface area (Å²) in [6.07, 6.45) is 4.61. The molecule has 1 aromatic heterocycles. The molecule has 1 aliphatic rings. The summed E-state index contributed by atoms with van der Waals surface area (Å²) >= 11 is 0. The minimum Gasteiger partial charge on any atom is -0.375 e. The van der Waals surface area contributed by atoms with Crippen LogP contribution < -0.4 is 5.73 Å². The maximum absolute atomic E-state index is 6.21. The van der Waals surface area contributed by atoms with Gasteiger partial charge < -0.3 is 15.0 Å². The molecule has 1 saturated carbocycles. The third kappa shape index (κ3) is 2.44. The van der Waals surface area contributed by atoms with Crippen molar-refractivity contribution in [3.8, 4) is 0 Å². The first kappa shape index (κ1) is 11.6. The second kappa shape index (κ2) is 4.55. The van der Waals surface area contributed by atoms with Crippen LogP contribution >= 0.6 is 0 Å². The van der Waals surface area contributed by atoms with E-state index in [2.05, 4.69) is 5.16 Å². The largest absolute Gasteiger partial charge is 0.375 e. The molecule has 2 rings (SSSR count). The fraction of sp³-hybridized carbons (Fsp3) is 0.750. The lowest BCUT2D eigenvalue weighted by atomic mass is 10.0. The van der Waals surface area contributed by atoms with Crippen LogP contribution in [0.4, 0.5) is 0 Å². The van der Waals surface area contributed by atoms with E-state index in [0.717, 1.165) is 29.9 Å². The lowest BCUT2D eigenvalue weighted by Gasteiger charge is -2.22. The van der Waals surface area contributed by atoms with Gasteiger partial charge in [-0.05, 0) is 26.7 Å². The molecule has 2 N–H and O–H groups in total. The number of ether oxygens (including phenoxy) is 1. The number of hydrogen-bond donors (Lipinski definition) is 1. The molecule has 0 atom stereocenters. The van der Waals surface area contributed by atoms with Crippen LogP contribution in [0.25, 0.3) is 0 Å². The van der Waals surface area contributed by atoms with Crippen molar-refractivity contribution in [2.24, 2.45) is 5.73 Å². The predicted molar refractivity (Wildman–Crippen MR) is 61.0 cm³/mol. The third-order valence-electron chi connectivity index (χ3n) is 3.42. The first-order valence-corrected chi connectivity index (χ1v) is 5.89. The molecule has 1 heterocycles. The van der Waals surface area contributed by atoms with Crippen molar-refractivity contribution >= 4 is 0 Å². The molecule has 0 spiro atoms. The smallest absolute Gasteiger partial charge is 0.139 e. The molecule has 4 heteroatoms. The zero-order chi connectivity index (χ0) is 11.6. The molecular weight excluding hydrogens is 204 g/mol. The summed E-state index contributed by atoms with van der Waals surface area (Å²) in [6.45, 7) is 5.03. The standard InChI is InChI=1S/C12H20N2O2/c1-9-11(10(2)16-14-9)7-15-8-12(13)5-3-4-6-12/h3-8,13H2,1-2H3. The van der Waals surface area contributed by atoms with Crippen LogP contribution in [0.15, 0.2) is 4.52 Å². The van der Waals surface area contributed by atoms with Gasteiger partial charge in [-0.25, -0.2) is 0 Å². The van der Waals surface area contributed by atoms with Crippen LogP contribution in [-0.4, -0.2) is 17.3 Å². The van der Waals surface area contributed by atoms with Gasteiger partial charge in [0.05, 0.1) is 18.9 Å². The van der Waals surface area contributed by atoms with Gasteiger partial charge in [0.2, 0.25) is 0 Å². The second-order valence-electron chi connectivity index (χ2n) is 4.87. The van der Waals surface area contributed by atoms with Crippen molar-refractivity contribution in [1.29, 1.82) is 0 Å². The Morgan fingerprint density at radius 1 is 1.38 bits per heavy atom. The Morgan fingerprint density at radius 3 is 2.62 bits per heavy atom. The van der Waals surface area contributed by atoms with Gasteiger partial charge in [0, 0.05) is 11.1 Å². The van der Waals surface area contributed by atoms with E-state index in [9.17, 15) is 0 Å². The quantitative estimate of drug-likeness (QED) is 0.850. The monoisotopic (exact) mass is 224 g/mol. The van der Waals surface area contributed by atoms with Gasteiger partial charge in [0.1, 0.15) is 5.76 Å². The highest BCUT2D eigenvalue weighted by atomic mass is 16.5. The highest BCUT2D eigenvalue weighted by Gasteiger charge is 2.29. The fourth-order valence-corrected chi connectivity index (χ4v) is 2.29. The van der Waals surface area contributed by atoms with Gasteiger partial charge >= 0.3 is 0 Å². The average Bonchev–Trinajstić information content (AvgIpc) is 2.79. The van der Waals surface area contributed by atoms with Gasteiger partial charge in [0.25, 0.3) is 0 Å². The minimum absolute atomic E-state index is 0.0982. The average molecular weight is 224 g/mol. The maximum atomic E-state index is 6.21. The van der Waals surface area contributed by atoms with Crippen molar-refractivity contribution in [2.45, 2.75) is 51.7 Å². The molecule has 0 saturated heterocycles. The van der Waals surface area contributed by atoms with Gasteiger partial charge in [-0.15, -0.1) is 0 Å². The van der Waals surface area contributed by atoms with E-state index < -0.39 is 0 Å². The van der Waals surface area contributed by atoms with E-state index in [0.29, 0.717) is 13.2 Å². The van der Waals surface area contributed by atoms with Gasteiger partial charge in [-0.1, -0.05) is 18.0 Å². The number of rotatable bonds is 4. The van der Waals surface area contributed by atoms with Crippen LogP contribution in [-0.2, 0) is 11.3 Å². The van der Waals surface area contributed by atoms with E-state index in [1.165, 1.54) is 12.8 Å². The van der Waals surface area contributed by atoms with Crippen molar-refractivity contribution < 1.29 is 9.26 Å². The summed E-state index contributed by atoms with van der Waals surface area (Å²) in [4.78, 5) is 0. The molecule has 0 amide bonds. The van der Waals surface area contributed by atoms with Crippen LogP contribution in [0.2, 0.25) is 0 Å². The first-order chi connectivity index (χ1) is 7.61. The van der Waals surface area contributed by atoms with Crippen LogP contribution in [0.3, 0.4) is 0 Å². The normalized spacial score (nSPS) is 19.2. The molecule has 4 nitrogen and oxygen atoms in total. The lowest BCUT2D eigenvalue weighted by Crippen LogP contribution is -2.41. The second-order valence-corrected chi connectivity index (χ2v) is 4.87. The number of hydrogen-bond acceptors (Lipinski definition) is 4. The van der Waals surface area contributed by atoms with Gasteiger partial charge in [-0.2, -0.15) is 0 Å². The van der Waals surface area contributed by atoms with Crippen LogP contribution in [0.1, 0.15) is 42.7 Å². The summed E-state index contributed by atoms with van der Waals surface area (Å²) in [6, 6.07) is 0. The number of nitrogens with zero attached hydrogens (tertiary/aromatic N) is 1.